The van der Waals surface area contributed by atoms with Gasteiger partial charge in [0.2, 0.25) is 5.78 Å². The van der Waals surface area contributed by atoms with Gasteiger partial charge in [0.1, 0.15) is 5.75 Å². The maximum atomic E-state index is 12.2. The molecule has 0 fully saturated rings. The molecule has 1 heterocycles. The molecule has 0 N–H and O–H groups in total. The molecule has 0 amide bonds. The van der Waals surface area contributed by atoms with Gasteiger partial charge in [0.05, 0.1) is 19.3 Å². The second-order valence-electron chi connectivity index (χ2n) is 3.73. The van der Waals surface area contributed by atoms with Crippen LogP contribution in [0.3, 0.4) is 0 Å². The number of benzene rings is 1. The highest BCUT2D eigenvalue weighted by atomic mass is 35.5. The number of carbonyl (C=O) groups excluding carboxylic acids is 1. The molecule has 0 unspecified atom stereocenters. The number of ether oxygens (including phenoxy) is 2. The Kier molecular flexibility index (Phi) is 3.69. The fourth-order valence-corrected chi connectivity index (χ4v) is 1.88. The van der Waals surface area contributed by atoms with Gasteiger partial charge in [-0.3, -0.25) is 4.79 Å². The molecule has 2 rings (SSSR count). The Labute approximate surface area is 105 Å². The van der Waals surface area contributed by atoms with Crippen LogP contribution in [0.2, 0.25) is 5.02 Å². The number of hydrogen-bond donors (Lipinski definition) is 0. The van der Waals surface area contributed by atoms with Crippen molar-refractivity contribution in [2.24, 2.45) is 0 Å². The quantitative estimate of drug-likeness (QED) is 0.775. The maximum Gasteiger partial charge on any atom is 0.230 e. The fraction of sp³-hybridized carbons (Fsp3) is 0.308. The van der Waals surface area contributed by atoms with E-state index in [4.69, 9.17) is 21.1 Å². The largest absolute Gasteiger partial charge is 0.496 e. The van der Waals surface area contributed by atoms with Crippen LogP contribution in [-0.2, 0) is 4.74 Å². The molecule has 0 saturated carbocycles. The van der Waals surface area contributed by atoms with Crippen molar-refractivity contribution >= 4 is 17.4 Å². The Morgan fingerprint density at radius 3 is 2.94 bits per heavy atom. The molecule has 1 aromatic rings. The van der Waals surface area contributed by atoms with Crippen LogP contribution in [0.15, 0.2) is 30.0 Å². The maximum absolute atomic E-state index is 12.2. The Hall–Kier alpha value is -1.48. The monoisotopic (exact) mass is 252 g/mol. The number of carbonyl (C=O) groups is 1. The van der Waals surface area contributed by atoms with E-state index in [1.165, 1.54) is 7.11 Å². The topological polar surface area (TPSA) is 35.5 Å². The van der Waals surface area contributed by atoms with Crippen molar-refractivity contribution in [1.82, 2.24) is 0 Å². The summed E-state index contributed by atoms with van der Waals surface area (Å²) < 4.78 is 10.5. The van der Waals surface area contributed by atoms with Gasteiger partial charge in [-0.05, 0) is 37.1 Å². The summed E-state index contributed by atoms with van der Waals surface area (Å²) in [5.74, 6) is 0.718. The van der Waals surface area contributed by atoms with Gasteiger partial charge < -0.3 is 9.47 Å². The van der Waals surface area contributed by atoms with Crippen LogP contribution < -0.4 is 4.74 Å². The standard InChI is InChI=1S/C13H13ClO3/c1-16-11-6-5-9(14)8-10(11)13(15)12-4-2-3-7-17-12/h4-6,8H,2-3,7H2,1H3. The Balaban J connectivity index is 2.35. The van der Waals surface area contributed by atoms with Gasteiger partial charge in [-0.2, -0.15) is 0 Å². The van der Waals surface area contributed by atoms with E-state index in [-0.39, 0.29) is 5.78 Å². The molecule has 1 aliphatic heterocycles. The molecular formula is C13H13ClO3. The summed E-state index contributed by atoms with van der Waals surface area (Å²) in [6, 6.07) is 4.97. The second-order valence-corrected chi connectivity index (χ2v) is 4.17. The van der Waals surface area contributed by atoms with Crippen molar-refractivity contribution in [3.8, 4) is 5.75 Å². The van der Waals surface area contributed by atoms with Crippen molar-refractivity contribution in [3.05, 3.63) is 40.6 Å². The minimum atomic E-state index is -0.177. The number of Topliss-reactive ketones (excluding diaryl/α,β-unsaturated/α-hetero) is 1. The molecule has 0 saturated heterocycles. The summed E-state index contributed by atoms with van der Waals surface area (Å²) >= 11 is 5.89. The van der Waals surface area contributed by atoms with Crippen LogP contribution in [0.25, 0.3) is 0 Å². The Morgan fingerprint density at radius 1 is 1.47 bits per heavy atom. The SMILES string of the molecule is COc1ccc(Cl)cc1C(=O)C1=CCCCO1. The summed E-state index contributed by atoms with van der Waals surface area (Å²) in [6.45, 7) is 0.584. The second kappa shape index (κ2) is 5.23. The highest BCUT2D eigenvalue weighted by molar-refractivity contribution is 6.31. The van der Waals surface area contributed by atoms with Crippen molar-refractivity contribution < 1.29 is 14.3 Å². The molecule has 0 spiro atoms. The van der Waals surface area contributed by atoms with Gasteiger partial charge in [0.25, 0.3) is 0 Å². The van der Waals surface area contributed by atoms with Crippen LogP contribution in [0.1, 0.15) is 23.2 Å². The van der Waals surface area contributed by atoms with E-state index in [0.29, 0.717) is 28.7 Å². The first-order chi connectivity index (χ1) is 8.22. The fourth-order valence-electron chi connectivity index (χ4n) is 1.71. The lowest BCUT2D eigenvalue weighted by Gasteiger charge is -2.15. The zero-order valence-corrected chi connectivity index (χ0v) is 10.3. The summed E-state index contributed by atoms with van der Waals surface area (Å²) in [5.41, 5.74) is 0.438. The number of rotatable bonds is 3. The zero-order valence-electron chi connectivity index (χ0n) is 9.53. The number of halogens is 1. The van der Waals surface area contributed by atoms with Crippen molar-refractivity contribution in [3.63, 3.8) is 0 Å². The third-order valence-electron chi connectivity index (χ3n) is 2.57. The zero-order chi connectivity index (χ0) is 12.3. The molecule has 0 aromatic heterocycles. The van der Waals surface area contributed by atoms with Crippen LogP contribution in [0.5, 0.6) is 5.75 Å². The van der Waals surface area contributed by atoms with Gasteiger partial charge >= 0.3 is 0 Å². The van der Waals surface area contributed by atoms with Crippen molar-refractivity contribution in [2.45, 2.75) is 12.8 Å². The first-order valence-electron chi connectivity index (χ1n) is 5.43. The van der Waals surface area contributed by atoms with E-state index in [1.54, 1.807) is 18.2 Å². The highest BCUT2D eigenvalue weighted by Gasteiger charge is 2.20. The van der Waals surface area contributed by atoms with Gasteiger partial charge in [0.15, 0.2) is 5.76 Å². The number of ketones is 1. The normalized spacial score (nSPS) is 14.8. The molecule has 3 nitrogen and oxygen atoms in total. The molecule has 1 aromatic carbocycles. The third-order valence-corrected chi connectivity index (χ3v) is 2.80. The smallest absolute Gasteiger partial charge is 0.230 e. The predicted molar refractivity (Wildman–Crippen MR) is 65.6 cm³/mol. The molecule has 0 bridgehead atoms. The molecule has 90 valence electrons. The minimum absolute atomic E-state index is 0.177. The predicted octanol–water partition coefficient (Wildman–Crippen LogP) is 3.23. The van der Waals surface area contributed by atoms with E-state index in [0.717, 1.165) is 12.8 Å². The minimum Gasteiger partial charge on any atom is -0.496 e. The molecule has 0 radical (unpaired) electrons. The Bertz CT molecular complexity index is 466. The summed E-state index contributed by atoms with van der Waals surface area (Å²) in [7, 11) is 1.52. The summed E-state index contributed by atoms with van der Waals surface area (Å²) in [4.78, 5) is 12.2. The Morgan fingerprint density at radius 2 is 2.29 bits per heavy atom. The van der Waals surface area contributed by atoms with E-state index in [1.807, 2.05) is 6.08 Å². The molecule has 4 heteroatoms. The van der Waals surface area contributed by atoms with Crippen molar-refractivity contribution in [1.29, 1.82) is 0 Å². The third kappa shape index (κ3) is 2.61. The van der Waals surface area contributed by atoms with E-state index in [9.17, 15) is 4.79 Å². The van der Waals surface area contributed by atoms with Crippen LogP contribution in [0.4, 0.5) is 0 Å². The van der Waals surface area contributed by atoms with E-state index < -0.39 is 0 Å². The molecular weight excluding hydrogens is 240 g/mol. The average molecular weight is 253 g/mol. The highest BCUT2D eigenvalue weighted by Crippen LogP contribution is 2.26. The summed E-state index contributed by atoms with van der Waals surface area (Å²) in [6.07, 6.45) is 3.62. The molecule has 17 heavy (non-hydrogen) atoms. The van der Waals surface area contributed by atoms with Crippen LogP contribution >= 0.6 is 11.6 Å². The number of methoxy groups -OCH3 is 1. The van der Waals surface area contributed by atoms with Crippen LogP contribution in [-0.4, -0.2) is 19.5 Å². The van der Waals surface area contributed by atoms with Gasteiger partial charge in [0, 0.05) is 5.02 Å². The average Bonchev–Trinajstić information content (AvgIpc) is 2.39. The van der Waals surface area contributed by atoms with Gasteiger partial charge in [-0.15, -0.1) is 0 Å². The van der Waals surface area contributed by atoms with E-state index >= 15 is 0 Å². The lowest BCUT2D eigenvalue weighted by Crippen LogP contribution is -2.12. The first kappa shape index (κ1) is 12.0. The number of hydrogen-bond acceptors (Lipinski definition) is 3. The summed E-state index contributed by atoms with van der Waals surface area (Å²) in [5, 5.41) is 0.505. The number of allylic oxidation sites excluding steroid dienone is 2. The lowest BCUT2D eigenvalue weighted by atomic mass is 10.1. The van der Waals surface area contributed by atoms with Gasteiger partial charge in [-0.25, -0.2) is 0 Å². The van der Waals surface area contributed by atoms with Crippen LogP contribution in [0, 0.1) is 0 Å². The van der Waals surface area contributed by atoms with Crippen molar-refractivity contribution in [2.75, 3.05) is 13.7 Å². The molecule has 0 atom stereocenters. The first-order valence-corrected chi connectivity index (χ1v) is 5.81. The van der Waals surface area contributed by atoms with E-state index in [2.05, 4.69) is 0 Å². The molecule has 0 aliphatic carbocycles. The lowest BCUT2D eigenvalue weighted by molar-refractivity contribution is 0.0896. The molecule has 1 aliphatic rings. The van der Waals surface area contributed by atoms with Gasteiger partial charge in [-0.1, -0.05) is 11.6 Å².